The van der Waals surface area contributed by atoms with Gasteiger partial charge in [-0.3, -0.25) is 24.6 Å². The Hall–Kier alpha value is -3.23. The van der Waals surface area contributed by atoms with Gasteiger partial charge in [-0.15, -0.1) is 0 Å². The molecular weight excluding hydrogens is 420 g/mol. The molecular formula is C25H28N4O4. The fourth-order valence-corrected chi connectivity index (χ4v) is 4.01. The zero-order valence-electron chi connectivity index (χ0n) is 26.6. The van der Waals surface area contributed by atoms with Gasteiger partial charge in [-0.05, 0) is 29.7 Å². The Labute approximate surface area is 205 Å². The maximum Gasteiger partial charge on any atom is 0.255 e. The molecule has 2 fully saturated rings. The van der Waals surface area contributed by atoms with Crippen LogP contribution in [0.2, 0.25) is 0 Å². The monoisotopic (exact) mass is 457 g/mol. The summed E-state index contributed by atoms with van der Waals surface area (Å²) in [5, 5.41) is 5.38. The van der Waals surface area contributed by atoms with Crippen molar-refractivity contribution in [2.75, 3.05) is 31.4 Å². The first-order valence-corrected chi connectivity index (χ1v) is 10.5. The summed E-state index contributed by atoms with van der Waals surface area (Å²) in [5.41, 5.74) is 2.74. The van der Waals surface area contributed by atoms with Gasteiger partial charge in [0.2, 0.25) is 11.8 Å². The lowest BCUT2D eigenvalue weighted by atomic mass is 10.0. The third-order valence-electron chi connectivity index (χ3n) is 5.71. The molecule has 0 saturated carbocycles. The summed E-state index contributed by atoms with van der Waals surface area (Å²) in [4.78, 5) is 38.8. The number of carbonyl (C=O) groups is 3. The van der Waals surface area contributed by atoms with Gasteiger partial charge in [0, 0.05) is 61.3 Å². The summed E-state index contributed by atoms with van der Waals surface area (Å²) in [6.45, 7) is -12.3. The summed E-state index contributed by atoms with van der Waals surface area (Å²) in [7, 11) is 0. The number of carbonyl (C=O) groups excluding carboxylic acids is 3. The van der Waals surface area contributed by atoms with E-state index in [9.17, 15) is 14.4 Å². The zero-order valence-corrected chi connectivity index (χ0v) is 17.6. The SMILES string of the molecule is [2H]C1([2H])OC([2H])([2H])C([2H])([2H])N(Cc2ccc(CNc3cccc4c3CN([C@@]3([2H])CCC(=O)NC3=O)C4=O)cc2)C1([2H])[2H]. The average Bonchev–Trinajstić information content (AvgIpc) is 3.25. The van der Waals surface area contributed by atoms with Crippen LogP contribution in [0.1, 0.15) is 52.2 Å². The zero-order chi connectivity index (χ0) is 30.9. The van der Waals surface area contributed by atoms with E-state index in [1.165, 1.54) is 0 Å². The first kappa shape index (κ1) is 13.5. The van der Waals surface area contributed by atoms with Crippen LogP contribution in [0.25, 0.3) is 0 Å². The number of amides is 3. The highest BCUT2D eigenvalue weighted by molar-refractivity contribution is 6.06. The van der Waals surface area contributed by atoms with Crippen LogP contribution in [-0.2, 0) is 34.0 Å². The number of morpholine rings is 1. The number of nitrogens with one attached hydrogen (secondary N) is 2. The fraction of sp³-hybridized carbons (Fsp3) is 0.400. The minimum absolute atomic E-state index is 0.00587. The van der Waals surface area contributed by atoms with Gasteiger partial charge in [0.05, 0.1) is 20.0 Å². The predicted molar refractivity (Wildman–Crippen MR) is 122 cm³/mol. The predicted octanol–water partition coefficient (Wildman–Crippen LogP) is 1.89. The van der Waals surface area contributed by atoms with Gasteiger partial charge in [-0.1, -0.05) is 30.3 Å². The van der Waals surface area contributed by atoms with Crippen LogP contribution >= 0.6 is 0 Å². The molecule has 2 aromatic carbocycles. The topological polar surface area (TPSA) is 91.0 Å². The molecule has 2 N–H and O–H groups in total. The number of anilines is 1. The quantitative estimate of drug-likeness (QED) is 0.644. The van der Waals surface area contributed by atoms with Crippen LogP contribution in [0.5, 0.6) is 0 Å². The molecule has 2 aromatic rings. The molecule has 3 amide bonds. The summed E-state index contributed by atoms with van der Waals surface area (Å²) in [6, 6.07) is 9.72. The van der Waals surface area contributed by atoms with E-state index in [0.717, 1.165) is 10.5 Å². The van der Waals surface area contributed by atoms with Crippen molar-refractivity contribution in [1.82, 2.24) is 15.1 Å². The maximum absolute atomic E-state index is 13.1. The van der Waals surface area contributed by atoms with Crippen molar-refractivity contribution < 1.29 is 31.5 Å². The normalized spacial score (nSPS) is 33.5. The van der Waals surface area contributed by atoms with Gasteiger partial charge in [-0.2, -0.15) is 0 Å². The molecule has 3 aliphatic rings. The van der Waals surface area contributed by atoms with Crippen LogP contribution in [-0.4, -0.2) is 59.7 Å². The lowest BCUT2D eigenvalue weighted by Crippen LogP contribution is -2.52. The van der Waals surface area contributed by atoms with E-state index < -0.39 is 56.4 Å². The minimum atomic E-state index is -3.11. The summed E-state index contributed by atoms with van der Waals surface area (Å²) < 4.78 is 77.2. The molecule has 2 saturated heterocycles. The molecule has 8 nitrogen and oxygen atoms in total. The molecule has 0 radical (unpaired) electrons. The highest BCUT2D eigenvalue weighted by Crippen LogP contribution is 2.32. The summed E-state index contributed by atoms with van der Waals surface area (Å²) in [6.07, 6.45) is -0.146. The van der Waals surface area contributed by atoms with Crippen LogP contribution in [0.3, 0.4) is 0 Å². The van der Waals surface area contributed by atoms with E-state index >= 15 is 0 Å². The molecule has 3 heterocycles. The fourth-order valence-electron chi connectivity index (χ4n) is 4.01. The van der Waals surface area contributed by atoms with Crippen molar-refractivity contribution >= 4 is 23.4 Å². The van der Waals surface area contributed by atoms with Crippen LogP contribution in [0.15, 0.2) is 42.5 Å². The van der Waals surface area contributed by atoms with Gasteiger partial charge >= 0.3 is 0 Å². The standard InChI is InChI=1S/C25H28N4O4/c30-23-9-8-22(24(31)27-23)29-16-20-19(25(29)32)2-1-3-21(20)26-14-17-4-6-18(7-5-17)15-28-10-12-33-13-11-28/h1-7,22,26H,8-16H2,(H,27,30,31)/t22-/m0/s1/i10D2,11D2,12D2,13D2,22D. The molecule has 1 atom stereocenters. The van der Waals surface area contributed by atoms with Gasteiger partial charge in [0.1, 0.15) is 6.02 Å². The van der Waals surface area contributed by atoms with E-state index in [2.05, 4.69) is 15.4 Å². The van der Waals surface area contributed by atoms with Gasteiger partial charge in [-0.25, -0.2) is 0 Å². The average molecular weight is 458 g/mol. The first-order chi connectivity index (χ1) is 19.4. The number of ether oxygens (including phenoxy) is 1. The lowest BCUT2D eigenvalue weighted by molar-refractivity contribution is -0.136. The highest BCUT2D eigenvalue weighted by atomic mass is 16.5. The van der Waals surface area contributed by atoms with Crippen molar-refractivity contribution in [2.45, 2.75) is 38.5 Å². The van der Waals surface area contributed by atoms with Crippen molar-refractivity contribution in [3.05, 3.63) is 64.7 Å². The molecule has 3 aliphatic heterocycles. The molecule has 0 spiro atoms. The van der Waals surface area contributed by atoms with E-state index in [4.69, 9.17) is 12.3 Å². The van der Waals surface area contributed by atoms with Gasteiger partial charge in [0.25, 0.3) is 5.91 Å². The van der Waals surface area contributed by atoms with Crippen molar-refractivity contribution in [3.63, 3.8) is 0 Å². The number of rotatable bonds is 6. The third-order valence-corrected chi connectivity index (χ3v) is 5.71. The number of nitrogens with zero attached hydrogens (tertiary/aromatic N) is 2. The van der Waals surface area contributed by atoms with E-state index in [1.54, 1.807) is 42.5 Å². The molecule has 33 heavy (non-hydrogen) atoms. The Morgan fingerprint density at radius 1 is 1.09 bits per heavy atom. The molecule has 8 heteroatoms. The van der Waals surface area contributed by atoms with Gasteiger partial charge in [0.15, 0.2) is 0 Å². The smallest absolute Gasteiger partial charge is 0.255 e. The van der Waals surface area contributed by atoms with E-state index in [0.29, 0.717) is 27.3 Å². The van der Waals surface area contributed by atoms with Crippen LogP contribution in [0.4, 0.5) is 5.69 Å². The highest BCUT2D eigenvalue weighted by Gasteiger charge is 2.39. The van der Waals surface area contributed by atoms with Crippen LogP contribution in [0, 0.1) is 0 Å². The summed E-state index contributed by atoms with van der Waals surface area (Å²) in [5.74, 6) is -1.79. The maximum atomic E-state index is 13.1. The molecule has 0 unspecified atom stereocenters. The lowest BCUT2D eigenvalue weighted by Gasteiger charge is -2.29. The van der Waals surface area contributed by atoms with E-state index in [-0.39, 0.29) is 25.9 Å². The number of fused-ring (bicyclic) bond motifs is 1. The Morgan fingerprint density at radius 3 is 2.61 bits per heavy atom. The van der Waals surface area contributed by atoms with E-state index in [1.807, 2.05) is 0 Å². The first-order valence-electron chi connectivity index (χ1n) is 15.0. The number of hydrogen-bond acceptors (Lipinski definition) is 6. The molecule has 0 bridgehead atoms. The van der Waals surface area contributed by atoms with Crippen molar-refractivity contribution in [3.8, 4) is 0 Å². The molecule has 0 aliphatic carbocycles. The Kier molecular flexibility index (Phi) is 3.81. The Bertz CT molecular complexity index is 1430. The molecule has 5 rings (SSSR count). The second-order valence-corrected chi connectivity index (χ2v) is 7.83. The number of benzene rings is 2. The number of hydrogen-bond donors (Lipinski definition) is 2. The molecule has 172 valence electrons. The molecule has 0 aromatic heterocycles. The third kappa shape index (κ3) is 4.62. The second kappa shape index (κ2) is 9.33. The number of imide groups is 1. The number of piperidine rings is 1. The van der Waals surface area contributed by atoms with Gasteiger partial charge < -0.3 is 15.0 Å². The largest absolute Gasteiger partial charge is 0.381 e. The van der Waals surface area contributed by atoms with Crippen LogP contribution < -0.4 is 10.6 Å². The minimum Gasteiger partial charge on any atom is -0.381 e. The Morgan fingerprint density at radius 2 is 1.85 bits per heavy atom. The van der Waals surface area contributed by atoms with Crippen molar-refractivity contribution in [2.24, 2.45) is 0 Å². The second-order valence-electron chi connectivity index (χ2n) is 7.83. The Balaban J connectivity index is 1.29. The summed E-state index contributed by atoms with van der Waals surface area (Å²) >= 11 is 0. The van der Waals surface area contributed by atoms with Crippen molar-refractivity contribution in [1.29, 1.82) is 0 Å².